The van der Waals surface area contributed by atoms with Crippen molar-refractivity contribution in [3.8, 4) is 0 Å². The van der Waals surface area contributed by atoms with Gasteiger partial charge in [0.05, 0.1) is 6.54 Å². The third-order valence-electron chi connectivity index (χ3n) is 1.94. The van der Waals surface area contributed by atoms with Gasteiger partial charge in [-0.15, -0.1) is 0 Å². The first-order valence-electron chi connectivity index (χ1n) is 5.33. The van der Waals surface area contributed by atoms with Crippen molar-refractivity contribution in [1.29, 1.82) is 0 Å². The molecule has 1 aromatic carbocycles. The minimum absolute atomic E-state index is 0.0229. The number of alkyl halides is 3. The smallest absolute Gasteiger partial charge is 0.325 e. The van der Waals surface area contributed by atoms with E-state index in [-0.39, 0.29) is 36.5 Å². The fourth-order valence-electron chi connectivity index (χ4n) is 1.21. The zero-order chi connectivity index (χ0) is 14.3. The van der Waals surface area contributed by atoms with Crippen LogP contribution in [0, 0.1) is 0 Å². The molecule has 1 aromatic rings. The van der Waals surface area contributed by atoms with Gasteiger partial charge >= 0.3 is 5.51 Å². The van der Waals surface area contributed by atoms with Crippen LogP contribution in [0.4, 0.5) is 18.9 Å². The van der Waals surface area contributed by atoms with E-state index in [4.69, 9.17) is 0 Å². The van der Waals surface area contributed by atoms with Gasteiger partial charge in [-0.1, -0.05) is 22.0 Å². The summed E-state index contributed by atoms with van der Waals surface area (Å²) in [5, 5.41) is 5.28. The van der Waals surface area contributed by atoms with E-state index in [0.29, 0.717) is 5.69 Å². The summed E-state index contributed by atoms with van der Waals surface area (Å²) >= 11 is 3.16. The summed E-state index contributed by atoms with van der Waals surface area (Å²) in [6.45, 7) is 0.0982. The molecule has 0 atom stereocenters. The lowest BCUT2D eigenvalue weighted by Gasteiger charge is -2.08. The first-order chi connectivity index (χ1) is 8.87. The Balaban J connectivity index is 2.18. The van der Waals surface area contributed by atoms with Crippen LogP contribution in [0.5, 0.6) is 0 Å². The van der Waals surface area contributed by atoms with Crippen molar-refractivity contribution < 1.29 is 18.0 Å². The molecule has 2 N–H and O–H groups in total. The Labute approximate surface area is 121 Å². The van der Waals surface area contributed by atoms with Crippen LogP contribution in [0.25, 0.3) is 0 Å². The number of benzene rings is 1. The normalized spacial score (nSPS) is 11.4. The van der Waals surface area contributed by atoms with Crippen molar-refractivity contribution in [2.45, 2.75) is 5.51 Å². The Morgan fingerprint density at radius 2 is 2.11 bits per heavy atom. The fourth-order valence-corrected chi connectivity index (χ4v) is 2.09. The van der Waals surface area contributed by atoms with Gasteiger partial charge in [-0.2, -0.15) is 13.2 Å². The summed E-state index contributed by atoms with van der Waals surface area (Å²) in [4.78, 5) is 11.5. The summed E-state index contributed by atoms with van der Waals surface area (Å²) in [5.41, 5.74) is -3.59. The van der Waals surface area contributed by atoms with E-state index in [0.717, 1.165) is 4.47 Å². The lowest BCUT2D eigenvalue weighted by atomic mass is 10.3. The summed E-state index contributed by atoms with van der Waals surface area (Å²) in [6.07, 6.45) is 0. The predicted octanol–water partition coefficient (Wildman–Crippen LogP) is 3.23. The summed E-state index contributed by atoms with van der Waals surface area (Å²) in [5.74, 6) is -0.414. The number of hydrogen-bond acceptors (Lipinski definition) is 3. The van der Waals surface area contributed by atoms with Gasteiger partial charge in [-0.05, 0) is 30.0 Å². The molecule has 19 heavy (non-hydrogen) atoms. The molecular weight excluding hydrogens is 345 g/mol. The zero-order valence-electron chi connectivity index (χ0n) is 9.76. The number of anilines is 1. The van der Waals surface area contributed by atoms with Crippen molar-refractivity contribution in [2.24, 2.45) is 0 Å². The van der Waals surface area contributed by atoms with Gasteiger partial charge in [-0.25, -0.2) is 0 Å². The van der Waals surface area contributed by atoms with Crippen molar-refractivity contribution in [3.05, 3.63) is 28.7 Å². The molecule has 0 unspecified atom stereocenters. The Hall–Kier alpha value is -0.730. The molecule has 0 aliphatic heterocycles. The first kappa shape index (κ1) is 16.3. The van der Waals surface area contributed by atoms with E-state index in [1.54, 1.807) is 18.2 Å². The Kier molecular flexibility index (Phi) is 6.67. The monoisotopic (exact) mass is 356 g/mol. The number of hydrogen-bond donors (Lipinski definition) is 2. The maximum absolute atomic E-state index is 11.8. The quantitative estimate of drug-likeness (QED) is 0.769. The largest absolute Gasteiger partial charge is 0.441 e. The number of carbonyl (C=O) groups is 1. The van der Waals surface area contributed by atoms with E-state index in [2.05, 4.69) is 26.6 Å². The maximum Gasteiger partial charge on any atom is 0.441 e. The minimum atomic E-state index is -4.22. The minimum Gasteiger partial charge on any atom is -0.325 e. The number of halogens is 4. The number of carbonyl (C=O) groups excluding carboxylic acids is 1. The Morgan fingerprint density at radius 1 is 1.37 bits per heavy atom. The van der Waals surface area contributed by atoms with Gasteiger partial charge < -0.3 is 10.6 Å². The lowest BCUT2D eigenvalue weighted by Crippen LogP contribution is -2.30. The van der Waals surface area contributed by atoms with Crippen LogP contribution in [0.3, 0.4) is 0 Å². The molecular formula is C11H12BrF3N2OS. The van der Waals surface area contributed by atoms with Crippen LogP contribution in [0.1, 0.15) is 0 Å². The molecule has 3 nitrogen and oxygen atoms in total. The van der Waals surface area contributed by atoms with Gasteiger partial charge in [0.1, 0.15) is 0 Å². The van der Waals surface area contributed by atoms with Crippen LogP contribution in [-0.4, -0.2) is 30.3 Å². The molecule has 0 radical (unpaired) electrons. The molecule has 8 heteroatoms. The number of rotatable bonds is 6. The molecule has 0 saturated carbocycles. The van der Waals surface area contributed by atoms with Crippen LogP contribution in [0.2, 0.25) is 0 Å². The second-order valence-corrected chi connectivity index (χ2v) is 5.61. The number of nitrogens with one attached hydrogen (secondary N) is 2. The molecule has 106 valence electrons. The average Bonchev–Trinajstić information content (AvgIpc) is 2.26. The Bertz CT molecular complexity index is 429. The molecule has 0 heterocycles. The zero-order valence-corrected chi connectivity index (χ0v) is 12.2. The van der Waals surface area contributed by atoms with Gasteiger partial charge in [0.15, 0.2) is 0 Å². The molecule has 1 rings (SSSR count). The van der Waals surface area contributed by atoms with E-state index < -0.39 is 5.51 Å². The highest BCUT2D eigenvalue weighted by atomic mass is 79.9. The van der Waals surface area contributed by atoms with E-state index in [1.165, 1.54) is 0 Å². The summed E-state index contributed by atoms with van der Waals surface area (Å²) in [7, 11) is 0. The second-order valence-electron chi connectivity index (χ2n) is 3.53. The van der Waals surface area contributed by atoms with Crippen LogP contribution < -0.4 is 10.6 Å². The molecule has 0 fully saturated rings. The molecule has 0 aromatic heterocycles. The Morgan fingerprint density at radius 3 is 2.74 bits per heavy atom. The number of amides is 1. The second kappa shape index (κ2) is 7.76. The highest BCUT2D eigenvalue weighted by molar-refractivity contribution is 9.10. The topological polar surface area (TPSA) is 41.1 Å². The molecule has 0 aliphatic carbocycles. The molecule has 0 saturated heterocycles. The van der Waals surface area contributed by atoms with Crippen LogP contribution in [-0.2, 0) is 4.79 Å². The van der Waals surface area contributed by atoms with Crippen molar-refractivity contribution >= 4 is 39.3 Å². The molecule has 1 amide bonds. The molecule has 0 bridgehead atoms. The molecule has 0 aliphatic rings. The van der Waals surface area contributed by atoms with Gasteiger partial charge in [-0.3, -0.25) is 4.79 Å². The highest BCUT2D eigenvalue weighted by Gasteiger charge is 2.27. The van der Waals surface area contributed by atoms with E-state index in [9.17, 15) is 18.0 Å². The fraction of sp³-hybridized carbons (Fsp3) is 0.364. The lowest BCUT2D eigenvalue weighted by molar-refractivity contribution is -0.115. The van der Waals surface area contributed by atoms with Gasteiger partial charge in [0, 0.05) is 22.5 Å². The number of thioether (sulfide) groups is 1. The third kappa shape index (κ3) is 8.12. The summed E-state index contributed by atoms with van der Waals surface area (Å²) in [6, 6.07) is 7.05. The van der Waals surface area contributed by atoms with Crippen LogP contribution >= 0.6 is 27.7 Å². The van der Waals surface area contributed by atoms with Crippen molar-refractivity contribution in [1.82, 2.24) is 5.32 Å². The highest BCUT2D eigenvalue weighted by Crippen LogP contribution is 2.29. The first-order valence-corrected chi connectivity index (χ1v) is 7.11. The van der Waals surface area contributed by atoms with Gasteiger partial charge in [0.25, 0.3) is 0 Å². The summed E-state index contributed by atoms with van der Waals surface area (Å²) < 4.78 is 36.3. The van der Waals surface area contributed by atoms with E-state index in [1.807, 2.05) is 6.07 Å². The van der Waals surface area contributed by atoms with E-state index >= 15 is 0 Å². The average molecular weight is 357 g/mol. The van der Waals surface area contributed by atoms with Crippen LogP contribution in [0.15, 0.2) is 28.7 Å². The van der Waals surface area contributed by atoms with Gasteiger partial charge in [0.2, 0.25) is 5.91 Å². The molecule has 0 spiro atoms. The predicted molar refractivity (Wildman–Crippen MR) is 74.2 cm³/mol. The SMILES string of the molecule is O=C(CNCCSC(F)(F)F)Nc1cccc(Br)c1. The van der Waals surface area contributed by atoms with Crippen molar-refractivity contribution in [2.75, 3.05) is 24.2 Å². The standard InChI is InChI=1S/C11H12BrF3N2OS/c12-8-2-1-3-9(6-8)17-10(18)7-16-4-5-19-11(13,14)15/h1-3,6,16H,4-5,7H2,(H,17,18). The third-order valence-corrected chi connectivity index (χ3v) is 3.17. The maximum atomic E-state index is 11.8. The van der Waals surface area contributed by atoms with Crippen molar-refractivity contribution in [3.63, 3.8) is 0 Å².